The summed E-state index contributed by atoms with van der Waals surface area (Å²) < 4.78 is 53.4. The molecule has 3 aromatic rings. The lowest BCUT2D eigenvalue weighted by Crippen LogP contribution is -2.43. The summed E-state index contributed by atoms with van der Waals surface area (Å²) in [6.45, 7) is 0.743. The van der Waals surface area contributed by atoms with Crippen LogP contribution in [0.5, 0.6) is 0 Å². The number of likely N-dealkylation sites (tertiary alicyclic amines) is 1. The van der Waals surface area contributed by atoms with Gasteiger partial charge in [-0.2, -0.15) is 13.2 Å². The molecule has 9 heteroatoms. The molecule has 0 radical (unpaired) electrons. The molecule has 1 aromatic heterocycles. The van der Waals surface area contributed by atoms with E-state index in [9.17, 15) is 27.2 Å². The summed E-state index contributed by atoms with van der Waals surface area (Å²) in [7, 11) is 0. The van der Waals surface area contributed by atoms with Gasteiger partial charge >= 0.3 is 6.18 Å². The summed E-state index contributed by atoms with van der Waals surface area (Å²) in [6, 6.07) is 12.5. The minimum absolute atomic E-state index is 0.162. The van der Waals surface area contributed by atoms with Gasteiger partial charge in [-0.1, -0.05) is 24.3 Å². The third-order valence-electron chi connectivity index (χ3n) is 6.10. The Morgan fingerprint density at radius 3 is 2.31 bits per heavy atom. The largest absolute Gasteiger partial charge is 0.416 e. The lowest BCUT2D eigenvalue weighted by molar-refractivity contribution is -0.137. The molecule has 1 N–H and O–H groups in total. The lowest BCUT2D eigenvalue weighted by Gasteiger charge is -2.32. The number of amides is 2. The number of carbonyl (C=O) groups excluding carboxylic acids is 2. The molecule has 1 unspecified atom stereocenters. The van der Waals surface area contributed by atoms with Gasteiger partial charge < -0.3 is 10.2 Å². The number of alkyl halides is 3. The summed E-state index contributed by atoms with van der Waals surface area (Å²) in [5, 5.41) is 2.85. The Hall–Kier alpha value is -3.75. The van der Waals surface area contributed by atoms with Crippen LogP contribution in [0.25, 0.3) is 0 Å². The fraction of sp³-hybridized carbons (Fsp3) is 0.269. The zero-order valence-corrected chi connectivity index (χ0v) is 18.6. The molecule has 1 fully saturated rings. The maximum Gasteiger partial charge on any atom is 0.416 e. The third-order valence-corrected chi connectivity index (χ3v) is 6.10. The van der Waals surface area contributed by atoms with Crippen molar-refractivity contribution in [3.8, 4) is 0 Å². The molecule has 2 amide bonds. The van der Waals surface area contributed by atoms with E-state index in [1.807, 2.05) is 0 Å². The van der Waals surface area contributed by atoms with Crippen LogP contribution in [0.15, 0.2) is 73.1 Å². The second-order valence-electron chi connectivity index (χ2n) is 8.42. The number of nitrogens with zero attached hydrogens (tertiary/aromatic N) is 2. The van der Waals surface area contributed by atoms with Crippen LogP contribution in [0, 0.1) is 11.7 Å². The zero-order valence-electron chi connectivity index (χ0n) is 18.6. The molecule has 0 spiro atoms. The Labute approximate surface area is 199 Å². The number of hydrogen-bond donors (Lipinski definition) is 1. The molecule has 35 heavy (non-hydrogen) atoms. The van der Waals surface area contributed by atoms with E-state index in [1.54, 1.807) is 23.2 Å². The van der Waals surface area contributed by atoms with Crippen molar-refractivity contribution in [2.75, 3.05) is 13.1 Å². The van der Waals surface area contributed by atoms with Crippen molar-refractivity contribution < 1.29 is 27.2 Å². The molecule has 1 aliphatic heterocycles. The van der Waals surface area contributed by atoms with Crippen LogP contribution in [0.2, 0.25) is 0 Å². The zero-order chi connectivity index (χ0) is 25.0. The van der Waals surface area contributed by atoms with Crippen LogP contribution in [0.3, 0.4) is 0 Å². The number of hydrogen-bond acceptors (Lipinski definition) is 3. The Bertz CT molecular complexity index is 1180. The number of benzene rings is 2. The molecular weight excluding hydrogens is 462 g/mol. The van der Waals surface area contributed by atoms with E-state index in [1.165, 1.54) is 42.6 Å². The van der Waals surface area contributed by atoms with Gasteiger partial charge in [-0.25, -0.2) is 4.39 Å². The van der Waals surface area contributed by atoms with E-state index in [4.69, 9.17) is 0 Å². The standard InChI is InChI=1S/C26H23F4N3O2/c27-22-8-6-17(7-9-22)23(19-3-1-5-21(15-19)26(28,29)30)32-24(34)18-10-13-33(14-11-18)25(35)20-4-2-12-31-16-20/h1-9,12,15-16,18,23H,10-11,13-14H2,(H,32,34). The van der Waals surface area contributed by atoms with Crippen LogP contribution < -0.4 is 5.32 Å². The minimum Gasteiger partial charge on any atom is -0.345 e. The average Bonchev–Trinajstić information content (AvgIpc) is 2.87. The summed E-state index contributed by atoms with van der Waals surface area (Å²) in [4.78, 5) is 31.4. The Kier molecular flexibility index (Phi) is 7.14. The van der Waals surface area contributed by atoms with Crippen LogP contribution in [0.4, 0.5) is 17.6 Å². The number of carbonyl (C=O) groups is 2. The summed E-state index contributed by atoms with van der Waals surface area (Å²) in [5.41, 5.74) is 0.335. The first-order valence-electron chi connectivity index (χ1n) is 11.1. The van der Waals surface area contributed by atoms with E-state index in [-0.39, 0.29) is 17.4 Å². The number of aromatic nitrogens is 1. The smallest absolute Gasteiger partial charge is 0.345 e. The van der Waals surface area contributed by atoms with Gasteiger partial charge in [0.2, 0.25) is 5.91 Å². The molecule has 2 heterocycles. The van der Waals surface area contributed by atoms with Gasteiger partial charge in [-0.05, 0) is 60.4 Å². The fourth-order valence-corrected chi connectivity index (χ4v) is 4.19. The van der Waals surface area contributed by atoms with Crippen molar-refractivity contribution in [2.45, 2.75) is 25.1 Å². The molecule has 0 saturated carbocycles. The van der Waals surface area contributed by atoms with E-state index < -0.39 is 29.5 Å². The van der Waals surface area contributed by atoms with Crippen molar-refractivity contribution in [2.24, 2.45) is 5.92 Å². The van der Waals surface area contributed by atoms with Crippen molar-refractivity contribution in [1.82, 2.24) is 15.2 Å². The van der Waals surface area contributed by atoms with Crippen molar-refractivity contribution in [3.05, 3.63) is 101 Å². The third kappa shape index (κ3) is 5.85. The quantitative estimate of drug-likeness (QED) is 0.518. The van der Waals surface area contributed by atoms with Gasteiger partial charge in [-0.15, -0.1) is 0 Å². The number of piperidine rings is 1. The highest BCUT2D eigenvalue weighted by atomic mass is 19.4. The Morgan fingerprint density at radius 2 is 1.69 bits per heavy atom. The highest BCUT2D eigenvalue weighted by Gasteiger charge is 2.33. The highest BCUT2D eigenvalue weighted by molar-refractivity contribution is 5.94. The number of halogens is 4. The second-order valence-corrected chi connectivity index (χ2v) is 8.42. The first-order chi connectivity index (χ1) is 16.7. The number of rotatable bonds is 5. The first kappa shape index (κ1) is 24.4. The fourth-order valence-electron chi connectivity index (χ4n) is 4.19. The average molecular weight is 485 g/mol. The van der Waals surface area contributed by atoms with Crippen LogP contribution >= 0.6 is 0 Å². The molecule has 4 rings (SSSR count). The minimum atomic E-state index is -4.54. The van der Waals surface area contributed by atoms with Crippen molar-refractivity contribution >= 4 is 11.8 Å². The normalized spacial score (nSPS) is 15.5. The van der Waals surface area contributed by atoms with Gasteiger partial charge in [0.05, 0.1) is 17.2 Å². The molecule has 1 atom stereocenters. The maximum absolute atomic E-state index is 13.5. The molecular formula is C26H23F4N3O2. The van der Waals surface area contributed by atoms with Gasteiger partial charge in [0.1, 0.15) is 5.82 Å². The van der Waals surface area contributed by atoms with E-state index in [2.05, 4.69) is 10.3 Å². The maximum atomic E-state index is 13.5. The molecule has 0 bridgehead atoms. The number of nitrogens with one attached hydrogen (secondary N) is 1. The topological polar surface area (TPSA) is 62.3 Å². The van der Waals surface area contributed by atoms with E-state index in [0.717, 1.165) is 12.1 Å². The van der Waals surface area contributed by atoms with Crippen LogP contribution in [-0.2, 0) is 11.0 Å². The summed E-state index contributed by atoms with van der Waals surface area (Å²) in [6.07, 6.45) is -0.646. The van der Waals surface area contributed by atoms with E-state index >= 15 is 0 Å². The van der Waals surface area contributed by atoms with Crippen LogP contribution in [0.1, 0.15) is 45.9 Å². The molecule has 5 nitrogen and oxygen atoms in total. The summed E-state index contributed by atoms with van der Waals surface area (Å²) >= 11 is 0. The van der Waals surface area contributed by atoms with Gasteiger partial charge in [-0.3, -0.25) is 14.6 Å². The van der Waals surface area contributed by atoms with Crippen molar-refractivity contribution in [3.63, 3.8) is 0 Å². The van der Waals surface area contributed by atoms with Crippen molar-refractivity contribution in [1.29, 1.82) is 0 Å². The second kappa shape index (κ2) is 10.2. The predicted octanol–water partition coefficient (Wildman–Crippen LogP) is 5.00. The Morgan fingerprint density at radius 1 is 0.971 bits per heavy atom. The van der Waals surface area contributed by atoms with Gasteiger partial charge in [0, 0.05) is 31.4 Å². The molecule has 182 valence electrons. The molecule has 1 saturated heterocycles. The van der Waals surface area contributed by atoms with E-state index in [0.29, 0.717) is 37.1 Å². The molecule has 2 aromatic carbocycles. The lowest BCUT2D eigenvalue weighted by atomic mass is 9.92. The summed E-state index contributed by atoms with van der Waals surface area (Å²) in [5.74, 6) is -1.40. The molecule has 0 aliphatic carbocycles. The monoisotopic (exact) mass is 485 g/mol. The first-order valence-corrected chi connectivity index (χ1v) is 11.1. The van der Waals surface area contributed by atoms with Gasteiger partial charge in [0.15, 0.2) is 0 Å². The predicted molar refractivity (Wildman–Crippen MR) is 121 cm³/mol. The van der Waals surface area contributed by atoms with Crippen LogP contribution in [-0.4, -0.2) is 34.8 Å². The molecule has 1 aliphatic rings. The number of pyridine rings is 1. The van der Waals surface area contributed by atoms with Gasteiger partial charge in [0.25, 0.3) is 5.91 Å². The SMILES string of the molecule is O=C(NC(c1ccc(F)cc1)c1cccc(C(F)(F)F)c1)C1CCN(C(=O)c2cccnc2)CC1. The Balaban J connectivity index is 1.49. The highest BCUT2D eigenvalue weighted by Crippen LogP contribution is 2.32.